The number of aliphatic hydroxyl groups is 1. The van der Waals surface area contributed by atoms with E-state index < -0.39 is 6.10 Å². The summed E-state index contributed by atoms with van der Waals surface area (Å²) in [5, 5.41) is 10.4. The smallest absolute Gasteiger partial charge is 0.270 e. The molecule has 0 saturated carbocycles. The van der Waals surface area contributed by atoms with E-state index in [1.165, 1.54) is 5.56 Å². The Morgan fingerprint density at radius 1 is 1.17 bits per heavy atom. The van der Waals surface area contributed by atoms with Crippen molar-refractivity contribution in [3.8, 4) is 0 Å². The summed E-state index contributed by atoms with van der Waals surface area (Å²) in [6.45, 7) is 3.94. The molecule has 1 heterocycles. The minimum Gasteiger partial charge on any atom is -0.388 e. The third-order valence-electron chi connectivity index (χ3n) is 4.05. The Kier molecular flexibility index (Phi) is 4.26. The zero-order valence-electron chi connectivity index (χ0n) is 13.3. The van der Waals surface area contributed by atoms with Gasteiger partial charge in [-0.2, -0.15) is 0 Å². The number of rotatable bonds is 4. The van der Waals surface area contributed by atoms with Gasteiger partial charge >= 0.3 is 0 Å². The monoisotopic (exact) mass is 308 g/mol. The number of aromatic nitrogens is 2. The van der Waals surface area contributed by atoms with Crippen LogP contribution in [0.2, 0.25) is 0 Å². The first-order chi connectivity index (χ1) is 11.1. The van der Waals surface area contributed by atoms with Crippen LogP contribution < -0.4 is 5.56 Å². The van der Waals surface area contributed by atoms with Crippen LogP contribution in [0.4, 0.5) is 0 Å². The molecule has 0 amide bonds. The maximum atomic E-state index is 11.8. The fourth-order valence-corrected chi connectivity index (χ4v) is 2.66. The first-order valence-electron chi connectivity index (χ1n) is 7.83. The number of nitrogens with one attached hydrogen (secondary N) is 1. The van der Waals surface area contributed by atoms with Crippen LogP contribution in [-0.4, -0.2) is 15.1 Å². The summed E-state index contributed by atoms with van der Waals surface area (Å²) in [5.74, 6) is 0. The molecule has 0 fully saturated rings. The second kappa shape index (κ2) is 6.34. The lowest BCUT2D eigenvalue weighted by atomic mass is 10.00. The highest BCUT2D eigenvalue weighted by Crippen LogP contribution is 2.20. The Bertz CT molecular complexity index is 882. The standard InChI is InChI=1S/C19H20N2O2/c1-3-15-19(23)21-16-9-6-13(10-17(16)20-15)11-18(22)14-7-4-12(2)5-8-14/h4-10,18,22H,3,11H2,1-2H3,(H,21,23). The molecule has 4 nitrogen and oxygen atoms in total. The van der Waals surface area contributed by atoms with E-state index in [1.807, 2.05) is 56.3 Å². The number of aliphatic hydroxyl groups excluding tert-OH is 1. The lowest BCUT2D eigenvalue weighted by Crippen LogP contribution is -2.14. The maximum Gasteiger partial charge on any atom is 0.270 e. The SMILES string of the molecule is CCc1nc2cc(CC(O)c3ccc(C)cc3)ccc2[nH]c1=O. The van der Waals surface area contributed by atoms with Gasteiger partial charge in [0.1, 0.15) is 5.69 Å². The molecule has 3 aromatic rings. The Labute approximate surface area is 134 Å². The molecule has 3 rings (SSSR count). The quantitative estimate of drug-likeness (QED) is 0.778. The fraction of sp³-hybridized carbons (Fsp3) is 0.263. The third-order valence-corrected chi connectivity index (χ3v) is 4.05. The van der Waals surface area contributed by atoms with Crippen molar-refractivity contribution in [1.82, 2.24) is 9.97 Å². The van der Waals surface area contributed by atoms with Crippen molar-refractivity contribution in [3.05, 3.63) is 75.2 Å². The van der Waals surface area contributed by atoms with Gasteiger partial charge in [0.15, 0.2) is 0 Å². The Balaban J connectivity index is 1.89. The van der Waals surface area contributed by atoms with Crippen LogP contribution >= 0.6 is 0 Å². The molecule has 118 valence electrons. The number of fused-ring (bicyclic) bond motifs is 1. The summed E-state index contributed by atoms with van der Waals surface area (Å²) in [7, 11) is 0. The van der Waals surface area contributed by atoms with E-state index in [0.717, 1.165) is 22.2 Å². The van der Waals surface area contributed by atoms with Crippen molar-refractivity contribution in [2.24, 2.45) is 0 Å². The van der Waals surface area contributed by atoms with Gasteiger partial charge in [-0.15, -0.1) is 0 Å². The van der Waals surface area contributed by atoms with E-state index in [1.54, 1.807) is 0 Å². The van der Waals surface area contributed by atoms with Crippen molar-refractivity contribution in [3.63, 3.8) is 0 Å². The summed E-state index contributed by atoms with van der Waals surface area (Å²) >= 11 is 0. The molecule has 23 heavy (non-hydrogen) atoms. The van der Waals surface area contributed by atoms with E-state index in [9.17, 15) is 9.90 Å². The zero-order chi connectivity index (χ0) is 16.4. The van der Waals surface area contributed by atoms with Gasteiger partial charge in [-0.3, -0.25) is 4.79 Å². The molecule has 0 aliphatic carbocycles. The fourth-order valence-electron chi connectivity index (χ4n) is 2.66. The molecule has 4 heteroatoms. The van der Waals surface area contributed by atoms with Crippen LogP contribution in [0, 0.1) is 6.92 Å². The van der Waals surface area contributed by atoms with Gasteiger partial charge in [0, 0.05) is 6.42 Å². The second-order valence-corrected chi connectivity index (χ2v) is 5.85. The highest BCUT2D eigenvalue weighted by Gasteiger charge is 2.10. The number of aryl methyl sites for hydroxylation is 2. The largest absolute Gasteiger partial charge is 0.388 e. The molecule has 1 atom stereocenters. The molecule has 0 bridgehead atoms. The molecular formula is C19H20N2O2. The van der Waals surface area contributed by atoms with Crippen molar-refractivity contribution >= 4 is 11.0 Å². The van der Waals surface area contributed by atoms with Crippen LogP contribution in [0.15, 0.2) is 47.3 Å². The normalized spacial score (nSPS) is 12.5. The average molecular weight is 308 g/mol. The molecule has 0 aliphatic rings. The molecule has 0 radical (unpaired) electrons. The molecule has 1 aromatic heterocycles. The number of nitrogens with zero attached hydrogens (tertiary/aromatic N) is 1. The minimum atomic E-state index is -0.554. The van der Waals surface area contributed by atoms with Crippen LogP contribution in [0.3, 0.4) is 0 Å². The summed E-state index contributed by atoms with van der Waals surface area (Å²) in [4.78, 5) is 19.0. The van der Waals surface area contributed by atoms with E-state index in [4.69, 9.17) is 0 Å². The summed E-state index contributed by atoms with van der Waals surface area (Å²) in [6.07, 6.45) is 0.560. The van der Waals surface area contributed by atoms with Crippen molar-refractivity contribution in [2.75, 3.05) is 0 Å². The topological polar surface area (TPSA) is 66.0 Å². The van der Waals surface area contributed by atoms with Gasteiger partial charge in [-0.25, -0.2) is 4.98 Å². The molecule has 1 unspecified atom stereocenters. The van der Waals surface area contributed by atoms with Gasteiger partial charge in [-0.1, -0.05) is 42.8 Å². The Morgan fingerprint density at radius 2 is 1.91 bits per heavy atom. The highest BCUT2D eigenvalue weighted by molar-refractivity contribution is 5.74. The molecular weight excluding hydrogens is 288 g/mol. The molecule has 0 aliphatic heterocycles. The maximum absolute atomic E-state index is 11.8. The van der Waals surface area contributed by atoms with E-state index >= 15 is 0 Å². The van der Waals surface area contributed by atoms with Gasteiger partial charge in [0.05, 0.1) is 17.1 Å². The predicted molar refractivity (Wildman–Crippen MR) is 91.6 cm³/mol. The number of aromatic amines is 1. The molecule has 2 aromatic carbocycles. The summed E-state index contributed by atoms with van der Waals surface area (Å²) in [6, 6.07) is 13.6. The van der Waals surface area contributed by atoms with Crippen LogP contribution in [0.1, 0.15) is 35.4 Å². The van der Waals surface area contributed by atoms with Crippen LogP contribution in [0.5, 0.6) is 0 Å². The number of hydrogen-bond donors (Lipinski definition) is 2. The van der Waals surface area contributed by atoms with Gasteiger partial charge in [0.2, 0.25) is 0 Å². The average Bonchev–Trinajstić information content (AvgIpc) is 2.55. The first kappa shape index (κ1) is 15.4. The zero-order valence-corrected chi connectivity index (χ0v) is 13.3. The van der Waals surface area contributed by atoms with Crippen molar-refractivity contribution in [2.45, 2.75) is 32.8 Å². The van der Waals surface area contributed by atoms with E-state index in [0.29, 0.717) is 18.5 Å². The van der Waals surface area contributed by atoms with Crippen molar-refractivity contribution < 1.29 is 5.11 Å². The molecule has 0 spiro atoms. The van der Waals surface area contributed by atoms with E-state index in [2.05, 4.69) is 9.97 Å². The predicted octanol–water partition coefficient (Wildman–Crippen LogP) is 3.07. The van der Waals surface area contributed by atoms with Crippen LogP contribution in [-0.2, 0) is 12.8 Å². The van der Waals surface area contributed by atoms with Gasteiger partial charge < -0.3 is 10.1 Å². The Hall–Kier alpha value is -2.46. The number of benzene rings is 2. The Morgan fingerprint density at radius 3 is 2.61 bits per heavy atom. The summed E-state index contributed by atoms with van der Waals surface area (Å²) in [5.41, 5.74) is 4.95. The third kappa shape index (κ3) is 3.32. The molecule has 0 saturated heterocycles. The lowest BCUT2D eigenvalue weighted by molar-refractivity contribution is 0.178. The van der Waals surface area contributed by atoms with Crippen molar-refractivity contribution in [1.29, 1.82) is 0 Å². The van der Waals surface area contributed by atoms with Gasteiger partial charge in [-0.05, 0) is 36.6 Å². The minimum absolute atomic E-state index is 0.132. The first-order valence-corrected chi connectivity index (χ1v) is 7.83. The second-order valence-electron chi connectivity index (χ2n) is 5.85. The lowest BCUT2D eigenvalue weighted by Gasteiger charge is -2.12. The van der Waals surface area contributed by atoms with Gasteiger partial charge in [0.25, 0.3) is 5.56 Å². The highest BCUT2D eigenvalue weighted by atomic mass is 16.3. The summed E-state index contributed by atoms with van der Waals surface area (Å²) < 4.78 is 0. The number of H-pyrrole nitrogens is 1. The molecule has 2 N–H and O–H groups in total. The number of hydrogen-bond acceptors (Lipinski definition) is 3. The van der Waals surface area contributed by atoms with Crippen LogP contribution in [0.25, 0.3) is 11.0 Å². The van der Waals surface area contributed by atoms with E-state index in [-0.39, 0.29) is 5.56 Å².